The van der Waals surface area contributed by atoms with Crippen LogP contribution < -0.4 is 5.32 Å². The normalized spacial score (nSPS) is 16.5. The molecule has 1 saturated heterocycles. The Hall–Kier alpha value is -2.40. The van der Waals surface area contributed by atoms with E-state index in [-0.39, 0.29) is 12.1 Å². The molecule has 2 amide bonds. The number of anilines is 1. The number of carbonyl (C=O) groups excluding carboxylic acids is 1. The Balaban J connectivity index is 1.77. The summed E-state index contributed by atoms with van der Waals surface area (Å²) >= 11 is 0. The summed E-state index contributed by atoms with van der Waals surface area (Å²) in [6.07, 6.45) is 6.60. The van der Waals surface area contributed by atoms with E-state index in [2.05, 4.69) is 23.3 Å². The molecule has 1 aromatic carbocycles. The van der Waals surface area contributed by atoms with Crippen LogP contribution in [0.5, 0.6) is 0 Å². The molecular formula is C21H27N3O2. The van der Waals surface area contributed by atoms with Gasteiger partial charge in [0.2, 0.25) is 0 Å². The average Bonchev–Trinajstić information content (AvgIpc) is 3.17. The quantitative estimate of drug-likeness (QED) is 0.848. The highest BCUT2D eigenvalue weighted by Crippen LogP contribution is 2.22. The standard InChI is InChI=1S/C21H27N3O2/c1-3-18-9-4-7-16(2)20(18)23-21(25)24(15-19-10-6-12-26-19)14-17-8-5-11-22-13-17/h4-5,7-9,11,13,19H,3,6,10,12,14-15H2,1-2H3,(H,23,25). The van der Waals surface area contributed by atoms with Gasteiger partial charge in [-0.15, -0.1) is 0 Å². The second kappa shape index (κ2) is 8.81. The van der Waals surface area contributed by atoms with Crippen molar-refractivity contribution < 1.29 is 9.53 Å². The first-order valence-corrected chi connectivity index (χ1v) is 9.32. The summed E-state index contributed by atoms with van der Waals surface area (Å²) in [6, 6.07) is 9.92. The molecule has 1 atom stereocenters. The van der Waals surface area contributed by atoms with Crippen LogP contribution in [0.25, 0.3) is 0 Å². The summed E-state index contributed by atoms with van der Waals surface area (Å²) in [4.78, 5) is 19.1. The SMILES string of the molecule is CCc1cccc(C)c1NC(=O)N(Cc1cccnc1)CC1CCCO1. The number of ether oxygens (including phenoxy) is 1. The summed E-state index contributed by atoms with van der Waals surface area (Å²) in [5, 5.41) is 3.14. The van der Waals surface area contributed by atoms with Crippen LogP contribution in [0.3, 0.4) is 0 Å². The van der Waals surface area contributed by atoms with Gasteiger partial charge in [-0.05, 0) is 48.9 Å². The number of para-hydroxylation sites is 1. The first-order valence-electron chi connectivity index (χ1n) is 9.32. The van der Waals surface area contributed by atoms with Gasteiger partial charge in [-0.25, -0.2) is 4.79 Å². The fourth-order valence-electron chi connectivity index (χ4n) is 3.35. The van der Waals surface area contributed by atoms with Crippen molar-refractivity contribution in [2.24, 2.45) is 0 Å². The number of nitrogens with zero attached hydrogens (tertiary/aromatic N) is 2. The number of amides is 2. The molecule has 0 spiro atoms. The summed E-state index contributed by atoms with van der Waals surface area (Å²) in [5.74, 6) is 0. The zero-order valence-electron chi connectivity index (χ0n) is 15.6. The molecular weight excluding hydrogens is 326 g/mol. The lowest BCUT2D eigenvalue weighted by molar-refractivity contribution is 0.0819. The van der Waals surface area contributed by atoms with Crippen LogP contribution in [-0.2, 0) is 17.7 Å². The van der Waals surface area contributed by atoms with E-state index < -0.39 is 0 Å². The molecule has 1 N–H and O–H groups in total. The molecule has 0 aliphatic carbocycles. The van der Waals surface area contributed by atoms with E-state index in [1.165, 1.54) is 0 Å². The molecule has 5 heteroatoms. The third-order valence-electron chi connectivity index (χ3n) is 4.80. The van der Waals surface area contributed by atoms with Crippen molar-refractivity contribution in [2.75, 3.05) is 18.5 Å². The number of hydrogen-bond donors (Lipinski definition) is 1. The largest absolute Gasteiger partial charge is 0.376 e. The third-order valence-corrected chi connectivity index (χ3v) is 4.80. The van der Waals surface area contributed by atoms with Gasteiger partial charge < -0.3 is 15.0 Å². The van der Waals surface area contributed by atoms with Gasteiger partial charge >= 0.3 is 6.03 Å². The van der Waals surface area contributed by atoms with E-state index in [9.17, 15) is 4.79 Å². The highest BCUT2D eigenvalue weighted by atomic mass is 16.5. The fourth-order valence-corrected chi connectivity index (χ4v) is 3.35. The van der Waals surface area contributed by atoms with Gasteiger partial charge in [-0.1, -0.05) is 31.2 Å². The highest BCUT2D eigenvalue weighted by molar-refractivity contribution is 5.91. The Morgan fingerprint density at radius 2 is 2.23 bits per heavy atom. The lowest BCUT2D eigenvalue weighted by Gasteiger charge is -2.26. The molecule has 26 heavy (non-hydrogen) atoms. The molecule has 2 aromatic rings. The third kappa shape index (κ3) is 4.61. The molecule has 138 valence electrons. The maximum Gasteiger partial charge on any atom is 0.322 e. The minimum Gasteiger partial charge on any atom is -0.376 e. The lowest BCUT2D eigenvalue weighted by Crippen LogP contribution is -2.40. The number of pyridine rings is 1. The van der Waals surface area contributed by atoms with Gasteiger partial charge in [0, 0.05) is 37.8 Å². The topological polar surface area (TPSA) is 54.5 Å². The van der Waals surface area contributed by atoms with Crippen LogP contribution in [0.1, 0.15) is 36.5 Å². The maximum atomic E-state index is 13.1. The minimum atomic E-state index is -0.0895. The van der Waals surface area contributed by atoms with Crippen LogP contribution in [0, 0.1) is 6.92 Å². The van der Waals surface area contributed by atoms with Crippen LogP contribution >= 0.6 is 0 Å². The molecule has 3 rings (SSSR count). The van der Waals surface area contributed by atoms with E-state index >= 15 is 0 Å². The highest BCUT2D eigenvalue weighted by Gasteiger charge is 2.23. The molecule has 1 fully saturated rings. The second-order valence-electron chi connectivity index (χ2n) is 6.77. The number of urea groups is 1. The van der Waals surface area contributed by atoms with Crippen molar-refractivity contribution in [2.45, 2.75) is 45.8 Å². The van der Waals surface area contributed by atoms with E-state index in [1.54, 1.807) is 12.4 Å². The molecule has 5 nitrogen and oxygen atoms in total. The van der Waals surface area contributed by atoms with Crippen molar-refractivity contribution >= 4 is 11.7 Å². The van der Waals surface area contributed by atoms with Crippen LogP contribution in [0.15, 0.2) is 42.7 Å². The number of carbonyl (C=O) groups is 1. The Labute approximate surface area is 155 Å². The van der Waals surface area contributed by atoms with Crippen molar-refractivity contribution in [1.29, 1.82) is 0 Å². The summed E-state index contributed by atoms with van der Waals surface area (Å²) in [7, 11) is 0. The summed E-state index contributed by atoms with van der Waals surface area (Å²) < 4.78 is 5.75. The van der Waals surface area contributed by atoms with Gasteiger partial charge in [-0.2, -0.15) is 0 Å². The van der Waals surface area contributed by atoms with Crippen LogP contribution in [0.4, 0.5) is 10.5 Å². The predicted molar refractivity (Wildman–Crippen MR) is 103 cm³/mol. The first kappa shape index (κ1) is 18.4. The van der Waals surface area contributed by atoms with Crippen LogP contribution in [-0.4, -0.2) is 35.2 Å². The van der Waals surface area contributed by atoms with Crippen molar-refractivity contribution in [3.05, 3.63) is 59.4 Å². The summed E-state index contributed by atoms with van der Waals surface area (Å²) in [6.45, 7) is 6.02. The molecule has 0 radical (unpaired) electrons. The Morgan fingerprint density at radius 3 is 2.92 bits per heavy atom. The van der Waals surface area contributed by atoms with Crippen molar-refractivity contribution in [3.8, 4) is 0 Å². The molecule has 1 unspecified atom stereocenters. The van der Waals surface area contributed by atoms with E-state index in [4.69, 9.17) is 4.74 Å². The molecule has 1 aliphatic rings. The number of hydrogen-bond acceptors (Lipinski definition) is 3. The zero-order chi connectivity index (χ0) is 18.4. The lowest BCUT2D eigenvalue weighted by atomic mass is 10.1. The van der Waals surface area contributed by atoms with E-state index in [1.807, 2.05) is 36.1 Å². The molecule has 0 bridgehead atoms. The number of rotatable bonds is 6. The fraction of sp³-hybridized carbons (Fsp3) is 0.429. The average molecular weight is 353 g/mol. The number of aryl methyl sites for hydroxylation is 2. The first-order chi connectivity index (χ1) is 12.7. The monoisotopic (exact) mass is 353 g/mol. The molecule has 1 aromatic heterocycles. The second-order valence-corrected chi connectivity index (χ2v) is 6.77. The Bertz CT molecular complexity index is 727. The zero-order valence-corrected chi connectivity index (χ0v) is 15.6. The van der Waals surface area contributed by atoms with Crippen LogP contribution in [0.2, 0.25) is 0 Å². The summed E-state index contributed by atoms with van der Waals surface area (Å²) in [5.41, 5.74) is 4.16. The Morgan fingerprint density at radius 1 is 1.35 bits per heavy atom. The smallest absolute Gasteiger partial charge is 0.322 e. The van der Waals surface area contributed by atoms with Gasteiger partial charge in [0.25, 0.3) is 0 Å². The predicted octanol–water partition coefficient (Wildman–Crippen LogP) is 4.17. The molecule has 0 saturated carbocycles. The van der Waals surface area contributed by atoms with E-state index in [0.29, 0.717) is 13.1 Å². The van der Waals surface area contributed by atoms with Gasteiger partial charge in [0.05, 0.1) is 6.10 Å². The number of nitrogens with one attached hydrogen (secondary N) is 1. The van der Waals surface area contributed by atoms with Gasteiger partial charge in [-0.3, -0.25) is 4.98 Å². The van der Waals surface area contributed by atoms with Crippen molar-refractivity contribution in [1.82, 2.24) is 9.88 Å². The number of aromatic nitrogens is 1. The van der Waals surface area contributed by atoms with Crippen molar-refractivity contribution in [3.63, 3.8) is 0 Å². The Kier molecular flexibility index (Phi) is 6.23. The maximum absolute atomic E-state index is 13.1. The minimum absolute atomic E-state index is 0.0895. The van der Waals surface area contributed by atoms with Gasteiger partial charge in [0.1, 0.15) is 0 Å². The molecule has 2 heterocycles. The number of benzene rings is 1. The van der Waals surface area contributed by atoms with Gasteiger partial charge in [0.15, 0.2) is 0 Å². The van der Waals surface area contributed by atoms with E-state index in [0.717, 1.165) is 48.2 Å². The molecule has 1 aliphatic heterocycles.